The molecular weight excluding hydrogens is 312 g/mol. The molecule has 3 aromatic rings. The highest BCUT2D eigenvalue weighted by molar-refractivity contribution is 5.95. The third-order valence-corrected chi connectivity index (χ3v) is 3.89. The van der Waals surface area contributed by atoms with Crippen LogP contribution in [-0.2, 0) is 6.42 Å². The van der Waals surface area contributed by atoms with E-state index < -0.39 is 0 Å². The number of carbonyl (C=O) groups is 1. The lowest BCUT2D eigenvalue weighted by atomic mass is 10.0. The van der Waals surface area contributed by atoms with E-state index in [1.807, 2.05) is 54.6 Å². The van der Waals surface area contributed by atoms with Crippen molar-refractivity contribution in [2.75, 3.05) is 6.61 Å². The van der Waals surface area contributed by atoms with E-state index in [0.717, 1.165) is 29.7 Å². The minimum absolute atomic E-state index is 0.0580. The number of ketones is 1. The first-order chi connectivity index (χ1) is 12.2. The molecule has 0 saturated heterocycles. The number of Topliss-reactive ketones (excluding diaryl/α,β-unsaturated/α-hetero) is 1. The largest absolute Gasteiger partial charge is 0.478 e. The predicted molar refractivity (Wildman–Crippen MR) is 97.7 cm³/mol. The summed E-state index contributed by atoms with van der Waals surface area (Å²) in [7, 11) is 0. The van der Waals surface area contributed by atoms with Crippen molar-refractivity contribution in [3.8, 4) is 17.0 Å². The van der Waals surface area contributed by atoms with E-state index in [0.29, 0.717) is 18.1 Å². The van der Waals surface area contributed by atoms with Gasteiger partial charge in [-0.2, -0.15) is 0 Å². The van der Waals surface area contributed by atoms with Gasteiger partial charge in [0.25, 0.3) is 0 Å². The molecule has 0 atom stereocenters. The molecule has 0 bridgehead atoms. The molecular formula is C21H20N2O2. The van der Waals surface area contributed by atoms with Crippen LogP contribution in [0.5, 0.6) is 5.88 Å². The summed E-state index contributed by atoms with van der Waals surface area (Å²) in [4.78, 5) is 20.1. The molecule has 2 heterocycles. The Morgan fingerprint density at radius 1 is 1.00 bits per heavy atom. The Hall–Kier alpha value is -3.01. The lowest BCUT2D eigenvalue weighted by molar-refractivity contribution is 0.101. The van der Waals surface area contributed by atoms with Crippen molar-refractivity contribution in [2.45, 2.75) is 19.8 Å². The summed E-state index contributed by atoms with van der Waals surface area (Å²) < 4.78 is 5.69. The molecule has 3 rings (SSSR count). The van der Waals surface area contributed by atoms with Gasteiger partial charge in [0.05, 0.1) is 6.61 Å². The second-order valence-corrected chi connectivity index (χ2v) is 5.80. The minimum atomic E-state index is 0.0580. The maximum atomic E-state index is 11.5. The van der Waals surface area contributed by atoms with Crippen molar-refractivity contribution in [2.24, 2.45) is 0 Å². The maximum Gasteiger partial charge on any atom is 0.213 e. The van der Waals surface area contributed by atoms with Crippen molar-refractivity contribution in [1.82, 2.24) is 9.97 Å². The summed E-state index contributed by atoms with van der Waals surface area (Å²) in [5.41, 5.74) is 3.71. The van der Waals surface area contributed by atoms with Crippen molar-refractivity contribution in [1.29, 1.82) is 0 Å². The van der Waals surface area contributed by atoms with Gasteiger partial charge in [0.1, 0.15) is 0 Å². The average Bonchev–Trinajstić information content (AvgIpc) is 2.67. The van der Waals surface area contributed by atoms with Crippen molar-refractivity contribution in [3.63, 3.8) is 0 Å². The predicted octanol–water partition coefficient (Wildman–Crippen LogP) is 4.36. The van der Waals surface area contributed by atoms with Gasteiger partial charge in [-0.3, -0.25) is 9.78 Å². The van der Waals surface area contributed by atoms with Gasteiger partial charge in [-0.05, 0) is 49.6 Å². The number of aryl methyl sites for hydroxylation is 1. The SMILES string of the molecule is CC(=O)c1cccc(-c2ccc(OCCCc3ccccn3)nc2)c1. The number of hydrogen-bond donors (Lipinski definition) is 0. The van der Waals surface area contributed by atoms with Crippen molar-refractivity contribution >= 4 is 5.78 Å². The van der Waals surface area contributed by atoms with E-state index in [-0.39, 0.29) is 5.78 Å². The standard InChI is InChI=1S/C21H20N2O2/c1-16(24)17-6-4-7-18(14-17)19-10-11-21(23-15-19)25-13-5-9-20-8-2-3-12-22-20/h2-4,6-8,10-12,14-15H,5,9,13H2,1H3. The Bertz CT molecular complexity index is 830. The molecule has 0 unspecified atom stereocenters. The van der Waals surface area contributed by atoms with Crippen LogP contribution in [0.1, 0.15) is 29.4 Å². The summed E-state index contributed by atoms with van der Waals surface area (Å²) in [5, 5.41) is 0. The van der Waals surface area contributed by atoms with Crippen LogP contribution in [0.25, 0.3) is 11.1 Å². The smallest absolute Gasteiger partial charge is 0.213 e. The van der Waals surface area contributed by atoms with E-state index >= 15 is 0 Å². The Kier molecular flexibility index (Phi) is 5.52. The highest BCUT2D eigenvalue weighted by Crippen LogP contribution is 2.21. The lowest BCUT2D eigenvalue weighted by Crippen LogP contribution is -2.01. The van der Waals surface area contributed by atoms with Crippen molar-refractivity contribution < 1.29 is 9.53 Å². The molecule has 2 aromatic heterocycles. The van der Waals surface area contributed by atoms with Crippen LogP contribution in [0.4, 0.5) is 0 Å². The number of ether oxygens (including phenoxy) is 1. The topological polar surface area (TPSA) is 52.1 Å². The van der Waals surface area contributed by atoms with Crippen LogP contribution in [0, 0.1) is 0 Å². The highest BCUT2D eigenvalue weighted by atomic mass is 16.5. The van der Waals surface area contributed by atoms with Crippen LogP contribution in [0.15, 0.2) is 67.0 Å². The van der Waals surface area contributed by atoms with Crippen molar-refractivity contribution in [3.05, 3.63) is 78.2 Å². The van der Waals surface area contributed by atoms with E-state index in [4.69, 9.17) is 4.74 Å². The zero-order chi connectivity index (χ0) is 17.5. The quantitative estimate of drug-likeness (QED) is 0.476. The summed E-state index contributed by atoms with van der Waals surface area (Å²) in [6.07, 6.45) is 5.35. The summed E-state index contributed by atoms with van der Waals surface area (Å²) in [6, 6.07) is 17.3. The molecule has 0 aliphatic rings. The number of pyridine rings is 2. The Labute approximate surface area is 147 Å². The van der Waals surface area contributed by atoms with E-state index in [1.54, 1.807) is 19.3 Å². The molecule has 1 aromatic carbocycles. The van der Waals surface area contributed by atoms with Gasteiger partial charge >= 0.3 is 0 Å². The van der Waals surface area contributed by atoms with Gasteiger partial charge in [0.2, 0.25) is 5.88 Å². The average molecular weight is 332 g/mol. The van der Waals surface area contributed by atoms with Crippen LogP contribution in [0.2, 0.25) is 0 Å². The summed E-state index contributed by atoms with van der Waals surface area (Å²) >= 11 is 0. The van der Waals surface area contributed by atoms with Gasteiger partial charge in [-0.1, -0.05) is 24.3 Å². The van der Waals surface area contributed by atoms with E-state index in [2.05, 4.69) is 9.97 Å². The number of hydrogen-bond acceptors (Lipinski definition) is 4. The molecule has 4 heteroatoms. The number of nitrogens with zero attached hydrogens (tertiary/aromatic N) is 2. The van der Waals surface area contributed by atoms with Gasteiger partial charge in [0.15, 0.2) is 5.78 Å². The zero-order valence-corrected chi connectivity index (χ0v) is 14.2. The molecule has 0 saturated carbocycles. The first kappa shape index (κ1) is 16.8. The van der Waals surface area contributed by atoms with E-state index in [9.17, 15) is 4.79 Å². The van der Waals surface area contributed by atoms with Crippen LogP contribution < -0.4 is 4.74 Å². The molecule has 0 aliphatic carbocycles. The molecule has 0 amide bonds. The fourth-order valence-corrected chi connectivity index (χ4v) is 2.53. The first-order valence-electron chi connectivity index (χ1n) is 8.32. The third-order valence-electron chi connectivity index (χ3n) is 3.89. The molecule has 126 valence electrons. The summed E-state index contributed by atoms with van der Waals surface area (Å²) in [6.45, 7) is 2.17. The second-order valence-electron chi connectivity index (χ2n) is 5.80. The zero-order valence-electron chi connectivity index (χ0n) is 14.2. The van der Waals surface area contributed by atoms with E-state index in [1.165, 1.54) is 0 Å². The first-order valence-corrected chi connectivity index (χ1v) is 8.32. The molecule has 0 aliphatic heterocycles. The van der Waals surface area contributed by atoms with Gasteiger partial charge in [-0.15, -0.1) is 0 Å². The fraction of sp³-hybridized carbons (Fsp3) is 0.190. The van der Waals surface area contributed by atoms with Gasteiger partial charge < -0.3 is 4.74 Å². The molecule has 4 nitrogen and oxygen atoms in total. The number of aromatic nitrogens is 2. The summed E-state index contributed by atoms with van der Waals surface area (Å²) in [5.74, 6) is 0.662. The second kappa shape index (κ2) is 8.20. The molecule has 25 heavy (non-hydrogen) atoms. The van der Waals surface area contributed by atoms with Crippen LogP contribution in [-0.4, -0.2) is 22.4 Å². The Morgan fingerprint density at radius 2 is 1.92 bits per heavy atom. The number of rotatable bonds is 7. The normalized spacial score (nSPS) is 10.4. The monoisotopic (exact) mass is 332 g/mol. The van der Waals surface area contributed by atoms with Crippen LogP contribution >= 0.6 is 0 Å². The third kappa shape index (κ3) is 4.73. The molecule has 0 spiro atoms. The maximum absolute atomic E-state index is 11.5. The molecule has 0 fully saturated rings. The highest BCUT2D eigenvalue weighted by Gasteiger charge is 2.04. The Balaban J connectivity index is 1.55. The number of carbonyl (C=O) groups excluding carboxylic acids is 1. The van der Waals surface area contributed by atoms with Gasteiger partial charge in [0, 0.05) is 35.3 Å². The number of benzene rings is 1. The molecule has 0 N–H and O–H groups in total. The van der Waals surface area contributed by atoms with Gasteiger partial charge in [-0.25, -0.2) is 4.98 Å². The fourth-order valence-electron chi connectivity index (χ4n) is 2.53. The Morgan fingerprint density at radius 3 is 2.64 bits per heavy atom. The lowest BCUT2D eigenvalue weighted by Gasteiger charge is -2.07. The minimum Gasteiger partial charge on any atom is -0.478 e. The molecule has 0 radical (unpaired) electrons. The van der Waals surface area contributed by atoms with Crippen LogP contribution in [0.3, 0.4) is 0 Å².